The fourth-order valence-electron chi connectivity index (χ4n) is 5.24. The number of ketones is 1. The second-order valence-electron chi connectivity index (χ2n) is 8.19. The van der Waals surface area contributed by atoms with Crippen molar-refractivity contribution in [3.05, 3.63) is 0 Å². The molecular weight excluding hydrogens is 288 g/mol. The number of Topliss-reactive ketones (excluding diaryl/α,β-unsaturated/α-hetero) is 1. The topological polar surface area (TPSA) is 57.5 Å². The lowest BCUT2D eigenvalue weighted by Gasteiger charge is -2.57. The minimum absolute atomic E-state index is 0.151. The van der Waals surface area contributed by atoms with Crippen molar-refractivity contribution in [3.63, 3.8) is 0 Å². The van der Waals surface area contributed by atoms with E-state index in [-0.39, 0.29) is 23.2 Å². The van der Waals surface area contributed by atoms with Gasteiger partial charge < -0.3 is 10.2 Å². The normalized spacial score (nSPS) is 39.2. The van der Waals surface area contributed by atoms with Gasteiger partial charge in [-0.3, -0.25) is 4.79 Å². The number of rotatable bonds is 2. The minimum atomic E-state index is -0.575. The van der Waals surface area contributed by atoms with Gasteiger partial charge in [-0.2, -0.15) is 0 Å². The summed E-state index contributed by atoms with van der Waals surface area (Å²) in [5.41, 5.74) is -0.269. The predicted molar refractivity (Wildman–Crippen MR) is 89.5 cm³/mol. The summed E-state index contributed by atoms with van der Waals surface area (Å²) in [6, 6.07) is 0. The molecule has 3 aliphatic carbocycles. The van der Waals surface area contributed by atoms with E-state index in [2.05, 4.69) is 25.7 Å². The SMILES string of the molecule is CC(C)[C@]12CC[C@@H](O)[C@H](C#C[C@@H](O)C3CCCCC3)[C@H]1CC2=O. The molecule has 3 heteroatoms. The Morgan fingerprint density at radius 2 is 1.87 bits per heavy atom. The standard InChI is InChI=1S/C20H30O3/c1-13(2)20-11-10-18(22)15(16(20)12-19(20)23)8-9-17(21)14-6-4-3-5-7-14/h13-18,21-22H,3-7,10-12H2,1-2H3/t15-,16-,17-,18-,20-/m1/s1. The highest BCUT2D eigenvalue weighted by atomic mass is 16.3. The molecular formula is C20H30O3. The number of fused-ring (bicyclic) bond motifs is 1. The monoisotopic (exact) mass is 318 g/mol. The average Bonchev–Trinajstić information content (AvgIpc) is 2.54. The van der Waals surface area contributed by atoms with Crippen LogP contribution in [0.25, 0.3) is 0 Å². The van der Waals surface area contributed by atoms with E-state index in [1.807, 2.05) is 0 Å². The Morgan fingerprint density at radius 3 is 2.48 bits per heavy atom. The Balaban J connectivity index is 1.74. The van der Waals surface area contributed by atoms with E-state index in [1.54, 1.807) is 0 Å². The van der Waals surface area contributed by atoms with Crippen LogP contribution in [0, 0.1) is 40.9 Å². The molecule has 0 unspecified atom stereocenters. The Bertz CT molecular complexity index is 509. The number of hydrogen-bond acceptors (Lipinski definition) is 3. The number of carbonyl (C=O) groups excluding carboxylic acids is 1. The van der Waals surface area contributed by atoms with E-state index < -0.39 is 12.2 Å². The van der Waals surface area contributed by atoms with E-state index >= 15 is 0 Å². The minimum Gasteiger partial charge on any atom is -0.392 e. The lowest BCUT2D eigenvalue weighted by atomic mass is 9.45. The van der Waals surface area contributed by atoms with Crippen LogP contribution in [-0.4, -0.2) is 28.2 Å². The van der Waals surface area contributed by atoms with Gasteiger partial charge in [-0.15, -0.1) is 0 Å². The molecule has 2 N–H and O–H groups in total. The molecule has 128 valence electrons. The van der Waals surface area contributed by atoms with Crippen LogP contribution in [0.15, 0.2) is 0 Å². The summed E-state index contributed by atoms with van der Waals surface area (Å²) in [4.78, 5) is 12.3. The maximum Gasteiger partial charge on any atom is 0.139 e. The molecule has 0 aromatic carbocycles. The predicted octanol–water partition coefficient (Wildman–Crippen LogP) is 2.93. The van der Waals surface area contributed by atoms with Crippen molar-refractivity contribution >= 4 is 5.78 Å². The molecule has 0 aromatic heterocycles. The molecule has 0 amide bonds. The van der Waals surface area contributed by atoms with Crippen LogP contribution in [0.1, 0.15) is 65.2 Å². The van der Waals surface area contributed by atoms with E-state index in [0.717, 1.165) is 19.3 Å². The molecule has 5 atom stereocenters. The quantitative estimate of drug-likeness (QED) is 0.770. The Morgan fingerprint density at radius 1 is 1.17 bits per heavy atom. The molecule has 23 heavy (non-hydrogen) atoms. The summed E-state index contributed by atoms with van der Waals surface area (Å²) < 4.78 is 0. The van der Waals surface area contributed by atoms with Crippen LogP contribution in [0.3, 0.4) is 0 Å². The van der Waals surface area contributed by atoms with Gasteiger partial charge >= 0.3 is 0 Å². The van der Waals surface area contributed by atoms with E-state index in [1.165, 1.54) is 19.3 Å². The van der Waals surface area contributed by atoms with Gasteiger partial charge in [-0.05, 0) is 43.4 Å². The second kappa shape index (κ2) is 6.57. The summed E-state index contributed by atoms with van der Waals surface area (Å²) >= 11 is 0. The van der Waals surface area contributed by atoms with E-state index in [9.17, 15) is 15.0 Å². The lowest BCUT2D eigenvalue weighted by molar-refractivity contribution is -0.167. The molecule has 0 heterocycles. The van der Waals surface area contributed by atoms with Crippen molar-refractivity contribution < 1.29 is 15.0 Å². The maximum absolute atomic E-state index is 12.3. The summed E-state index contributed by atoms with van der Waals surface area (Å²) in [6.07, 6.45) is 6.71. The first-order chi connectivity index (χ1) is 11.0. The third-order valence-corrected chi connectivity index (χ3v) is 6.81. The van der Waals surface area contributed by atoms with Crippen LogP contribution >= 0.6 is 0 Å². The van der Waals surface area contributed by atoms with Crippen molar-refractivity contribution in [2.24, 2.45) is 29.1 Å². The van der Waals surface area contributed by atoms with Gasteiger partial charge in [-0.25, -0.2) is 0 Å². The zero-order valence-corrected chi connectivity index (χ0v) is 14.4. The molecule has 0 radical (unpaired) electrons. The Labute approximate surface area is 139 Å². The van der Waals surface area contributed by atoms with Crippen LogP contribution in [0.4, 0.5) is 0 Å². The largest absolute Gasteiger partial charge is 0.392 e. The van der Waals surface area contributed by atoms with Crippen molar-refractivity contribution in [1.29, 1.82) is 0 Å². The maximum atomic E-state index is 12.3. The first-order valence-electron chi connectivity index (χ1n) is 9.37. The van der Waals surface area contributed by atoms with E-state index in [0.29, 0.717) is 24.5 Å². The molecule has 3 nitrogen and oxygen atoms in total. The van der Waals surface area contributed by atoms with Crippen LogP contribution < -0.4 is 0 Å². The van der Waals surface area contributed by atoms with Gasteiger partial charge in [0.1, 0.15) is 11.9 Å². The smallest absolute Gasteiger partial charge is 0.139 e. The van der Waals surface area contributed by atoms with Crippen molar-refractivity contribution in [3.8, 4) is 11.8 Å². The highest BCUT2D eigenvalue weighted by Gasteiger charge is 2.61. The zero-order chi connectivity index (χ0) is 16.6. The van der Waals surface area contributed by atoms with Crippen molar-refractivity contribution in [2.45, 2.75) is 77.4 Å². The number of hydrogen-bond donors (Lipinski definition) is 2. The second-order valence-corrected chi connectivity index (χ2v) is 8.19. The summed E-state index contributed by atoms with van der Waals surface area (Å²) in [5.74, 6) is 7.20. The molecule has 3 rings (SSSR count). The molecule has 3 aliphatic rings. The first-order valence-corrected chi connectivity index (χ1v) is 9.37. The number of carbonyl (C=O) groups is 1. The molecule has 3 fully saturated rings. The zero-order valence-electron chi connectivity index (χ0n) is 14.4. The number of aliphatic hydroxyl groups is 2. The molecule has 0 aromatic rings. The molecule has 0 bridgehead atoms. The Kier molecular flexibility index (Phi) is 4.85. The highest BCUT2D eigenvalue weighted by Crippen LogP contribution is 2.59. The van der Waals surface area contributed by atoms with Crippen LogP contribution in [0.2, 0.25) is 0 Å². The number of aliphatic hydroxyl groups excluding tert-OH is 2. The molecule has 0 spiro atoms. The fraction of sp³-hybridized carbons (Fsp3) is 0.850. The summed E-state index contributed by atoms with van der Waals surface area (Å²) in [6.45, 7) is 4.23. The fourth-order valence-corrected chi connectivity index (χ4v) is 5.24. The first kappa shape index (κ1) is 17.0. The van der Waals surface area contributed by atoms with Gasteiger partial charge in [0.2, 0.25) is 0 Å². The lowest BCUT2D eigenvalue weighted by Crippen LogP contribution is -2.60. The third-order valence-electron chi connectivity index (χ3n) is 6.81. The van der Waals surface area contributed by atoms with Crippen LogP contribution in [0.5, 0.6) is 0 Å². The Hall–Kier alpha value is -0.850. The molecule has 3 saturated carbocycles. The molecule has 0 saturated heterocycles. The van der Waals surface area contributed by atoms with Gasteiger partial charge in [0.15, 0.2) is 0 Å². The van der Waals surface area contributed by atoms with Crippen molar-refractivity contribution in [2.75, 3.05) is 0 Å². The summed E-state index contributed by atoms with van der Waals surface area (Å²) in [5, 5.41) is 20.8. The van der Waals surface area contributed by atoms with Gasteiger partial charge in [0.25, 0.3) is 0 Å². The van der Waals surface area contributed by atoms with Crippen LogP contribution in [-0.2, 0) is 4.79 Å². The van der Waals surface area contributed by atoms with Gasteiger partial charge in [0, 0.05) is 11.8 Å². The van der Waals surface area contributed by atoms with Gasteiger partial charge in [-0.1, -0.05) is 45.0 Å². The van der Waals surface area contributed by atoms with Gasteiger partial charge in [0.05, 0.1) is 12.0 Å². The average molecular weight is 318 g/mol. The third kappa shape index (κ3) is 2.85. The highest BCUT2D eigenvalue weighted by molar-refractivity contribution is 5.92. The van der Waals surface area contributed by atoms with E-state index in [4.69, 9.17) is 0 Å². The van der Waals surface area contributed by atoms with Crippen molar-refractivity contribution in [1.82, 2.24) is 0 Å². The molecule has 0 aliphatic heterocycles. The summed E-state index contributed by atoms with van der Waals surface area (Å²) in [7, 11) is 0.